The minimum atomic E-state index is -1.22. The van der Waals surface area contributed by atoms with Crippen LogP contribution in [0.3, 0.4) is 0 Å². The van der Waals surface area contributed by atoms with Crippen molar-refractivity contribution >= 4 is 6.03 Å². The SMILES string of the molecule is Cc1cc(C(C)(O)CNC(=O)NC(C)c2c(C)noc2C)c(C)o1. The van der Waals surface area contributed by atoms with Crippen molar-refractivity contribution in [2.24, 2.45) is 0 Å². The number of hydrogen-bond acceptors (Lipinski definition) is 5. The summed E-state index contributed by atoms with van der Waals surface area (Å²) in [6.07, 6.45) is 0. The van der Waals surface area contributed by atoms with Gasteiger partial charge in [-0.05, 0) is 47.6 Å². The van der Waals surface area contributed by atoms with Gasteiger partial charge in [-0.25, -0.2) is 4.79 Å². The van der Waals surface area contributed by atoms with Gasteiger partial charge in [0, 0.05) is 11.1 Å². The number of aromatic nitrogens is 1. The lowest BCUT2D eigenvalue weighted by Gasteiger charge is -2.24. The molecule has 0 aliphatic heterocycles. The predicted octanol–water partition coefficient (Wildman–Crippen LogP) is 2.77. The summed E-state index contributed by atoms with van der Waals surface area (Å²) >= 11 is 0. The Morgan fingerprint density at radius 3 is 2.50 bits per heavy atom. The Kier molecular flexibility index (Phi) is 5.03. The van der Waals surface area contributed by atoms with Gasteiger partial charge in [-0.1, -0.05) is 5.16 Å². The van der Waals surface area contributed by atoms with E-state index in [4.69, 9.17) is 8.94 Å². The standard InChI is InChI=1S/C17H25N3O4/c1-9-7-14(12(4)23-9)17(6,22)8-18-16(21)19-10(2)15-11(3)20-24-13(15)5/h7,10,22H,8H2,1-6H3,(H2,18,19,21). The second kappa shape index (κ2) is 6.68. The molecule has 0 spiro atoms. The Bertz CT molecular complexity index is 711. The molecule has 2 atom stereocenters. The predicted molar refractivity (Wildman–Crippen MR) is 88.7 cm³/mol. The molecule has 0 saturated heterocycles. The minimum absolute atomic E-state index is 0.0625. The normalized spacial score (nSPS) is 15.0. The molecule has 0 fully saturated rings. The van der Waals surface area contributed by atoms with Gasteiger partial charge in [-0.2, -0.15) is 0 Å². The van der Waals surface area contributed by atoms with Crippen molar-refractivity contribution in [3.63, 3.8) is 0 Å². The number of carbonyl (C=O) groups excluding carboxylic acids is 1. The lowest BCUT2D eigenvalue weighted by atomic mass is 9.96. The van der Waals surface area contributed by atoms with Crippen molar-refractivity contribution in [2.45, 2.75) is 53.2 Å². The zero-order valence-electron chi connectivity index (χ0n) is 15.0. The van der Waals surface area contributed by atoms with Crippen molar-refractivity contribution in [1.29, 1.82) is 0 Å². The molecule has 24 heavy (non-hydrogen) atoms. The molecule has 7 heteroatoms. The fourth-order valence-corrected chi connectivity index (χ4v) is 2.94. The van der Waals surface area contributed by atoms with Gasteiger partial charge < -0.3 is 24.7 Å². The Morgan fingerprint density at radius 2 is 2.00 bits per heavy atom. The van der Waals surface area contributed by atoms with Gasteiger partial charge in [0.1, 0.15) is 22.9 Å². The first-order chi connectivity index (χ1) is 11.1. The van der Waals surface area contributed by atoms with Gasteiger partial charge in [0.2, 0.25) is 0 Å². The number of urea groups is 1. The molecule has 0 aliphatic rings. The van der Waals surface area contributed by atoms with Gasteiger partial charge in [0.05, 0.1) is 18.3 Å². The molecule has 0 radical (unpaired) electrons. The lowest BCUT2D eigenvalue weighted by Crippen LogP contribution is -2.44. The molecular weight excluding hydrogens is 310 g/mol. The van der Waals surface area contributed by atoms with Crippen molar-refractivity contribution in [2.75, 3.05) is 6.54 Å². The number of carbonyl (C=O) groups is 1. The summed E-state index contributed by atoms with van der Waals surface area (Å²) in [6.45, 7) is 10.8. The Labute approximate surface area is 141 Å². The molecule has 7 nitrogen and oxygen atoms in total. The summed E-state index contributed by atoms with van der Waals surface area (Å²) in [4.78, 5) is 12.1. The first-order valence-corrected chi connectivity index (χ1v) is 7.89. The zero-order chi connectivity index (χ0) is 18.1. The molecular formula is C17H25N3O4. The molecule has 0 aliphatic carbocycles. The third-order valence-corrected chi connectivity index (χ3v) is 4.08. The maximum Gasteiger partial charge on any atom is 0.315 e. The monoisotopic (exact) mass is 335 g/mol. The average molecular weight is 335 g/mol. The van der Waals surface area contributed by atoms with Gasteiger partial charge >= 0.3 is 6.03 Å². The second-order valence-electron chi connectivity index (χ2n) is 6.39. The van der Waals surface area contributed by atoms with Crippen LogP contribution in [0.15, 0.2) is 15.0 Å². The van der Waals surface area contributed by atoms with Crippen LogP contribution in [0.1, 0.15) is 54.0 Å². The molecule has 0 bridgehead atoms. The van der Waals surface area contributed by atoms with Gasteiger partial charge in [0.15, 0.2) is 0 Å². The van der Waals surface area contributed by atoms with Crippen LogP contribution in [0.4, 0.5) is 4.79 Å². The number of aliphatic hydroxyl groups is 1. The van der Waals surface area contributed by atoms with E-state index in [0.717, 1.165) is 17.0 Å². The van der Waals surface area contributed by atoms with Crippen LogP contribution < -0.4 is 10.6 Å². The summed E-state index contributed by atoms with van der Waals surface area (Å²) in [5.41, 5.74) is 1.06. The number of rotatable bonds is 5. The second-order valence-corrected chi connectivity index (χ2v) is 6.39. The van der Waals surface area contributed by atoms with E-state index in [2.05, 4.69) is 15.8 Å². The number of nitrogens with zero attached hydrogens (tertiary/aromatic N) is 1. The molecule has 3 N–H and O–H groups in total. The smallest absolute Gasteiger partial charge is 0.315 e. The third-order valence-electron chi connectivity index (χ3n) is 4.08. The molecule has 2 rings (SSSR count). The van der Waals surface area contributed by atoms with E-state index in [9.17, 15) is 9.90 Å². The van der Waals surface area contributed by atoms with Crippen LogP contribution in [-0.2, 0) is 5.60 Å². The van der Waals surface area contributed by atoms with Gasteiger partial charge in [-0.15, -0.1) is 0 Å². The fraction of sp³-hybridized carbons (Fsp3) is 0.529. The quantitative estimate of drug-likeness (QED) is 0.780. The van der Waals surface area contributed by atoms with E-state index in [1.165, 1.54) is 0 Å². The van der Waals surface area contributed by atoms with Gasteiger partial charge in [0.25, 0.3) is 0 Å². The Balaban J connectivity index is 1.96. The zero-order valence-corrected chi connectivity index (χ0v) is 15.0. The largest absolute Gasteiger partial charge is 0.466 e. The van der Waals surface area contributed by atoms with E-state index >= 15 is 0 Å². The first kappa shape index (κ1) is 18.1. The minimum Gasteiger partial charge on any atom is -0.466 e. The molecule has 0 aromatic carbocycles. The third kappa shape index (κ3) is 3.79. The molecule has 132 valence electrons. The van der Waals surface area contributed by atoms with Crippen molar-refractivity contribution in [1.82, 2.24) is 15.8 Å². The van der Waals surface area contributed by atoms with E-state index in [-0.39, 0.29) is 18.6 Å². The van der Waals surface area contributed by atoms with Crippen molar-refractivity contribution in [3.05, 3.63) is 40.2 Å². The van der Waals surface area contributed by atoms with Crippen molar-refractivity contribution in [3.8, 4) is 0 Å². The van der Waals surface area contributed by atoms with Crippen LogP contribution in [-0.4, -0.2) is 22.8 Å². The molecule has 2 aromatic rings. The number of furan rings is 1. The van der Waals surface area contributed by atoms with Crippen LogP contribution in [0.25, 0.3) is 0 Å². The molecule has 0 saturated carbocycles. The van der Waals surface area contributed by atoms with E-state index in [1.54, 1.807) is 26.8 Å². The van der Waals surface area contributed by atoms with Crippen LogP contribution in [0, 0.1) is 27.7 Å². The number of nitrogens with one attached hydrogen (secondary N) is 2. The highest BCUT2D eigenvalue weighted by atomic mass is 16.5. The summed E-state index contributed by atoms with van der Waals surface area (Å²) in [6, 6.07) is 1.15. The van der Waals surface area contributed by atoms with Crippen molar-refractivity contribution < 1.29 is 18.8 Å². The lowest BCUT2D eigenvalue weighted by molar-refractivity contribution is 0.0578. The number of aryl methyl sites for hydroxylation is 4. The molecule has 2 aromatic heterocycles. The number of amides is 2. The summed E-state index contributed by atoms with van der Waals surface area (Å²) < 4.78 is 10.6. The summed E-state index contributed by atoms with van der Waals surface area (Å²) in [7, 11) is 0. The topological polar surface area (TPSA) is 101 Å². The molecule has 2 amide bonds. The number of hydrogen-bond donors (Lipinski definition) is 3. The molecule has 2 heterocycles. The average Bonchev–Trinajstić information content (AvgIpc) is 2.99. The highest BCUT2D eigenvalue weighted by Gasteiger charge is 2.28. The Hall–Kier alpha value is -2.28. The van der Waals surface area contributed by atoms with E-state index < -0.39 is 5.60 Å². The first-order valence-electron chi connectivity index (χ1n) is 7.89. The molecule has 2 unspecified atom stereocenters. The Morgan fingerprint density at radius 1 is 1.33 bits per heavy atom. The van der Waals surface area contributed by atoms with E-state index in [0.29, 0.717) is 17.1 Å². The maximum atomic E-state index is 12.1. The summed E-state index contributed by atoms with van der Waals surface area (Å²) in [5, 5.41) is 20.0. The van der Waals surface area contributed by atoms with Crippen LogP contribution in [0.2, 0.25) is 0 Å². The highest BCUT2D eigenvalue weighted by molar-refractivity contribution is 5.74. The van der Waals surface area contributed by atoms with Crippen LogP contribution >= 0.6 is 0 Å². The van der Waals surface area contributed by atoms with Gasteiger partial charge in [-0.3, -0.25) is 0 Å². The highest BCUT2D eigenvalue weighted by Crippen LogP contribution is 2.26. The summed E-state index contributed by atoms with van der Waals surface area (Å²) in [5.74, 6) is 2.04. The maximum absolute atomic E-state index is 12.1. The van der Waals surface area contributed by atoms with E-state index in [1.807, 2.05) is 20.8 Å². The fourth-order valence-electron chi connectivity index (χ4n) is 2.94. The van der Waals surface area contributed by atoms with Crippen LogP contribution in [0.5, 0.6) is 0 Å².